The molecule has 4 nitrogen and oxygen atoms in total. The van der Waals surface area contributed by atoms with Crippen LogP contribution in [0.1, 0.15) is 41.9 Å². The van der Waals surface area contributed by atoms with Crippen molar-refractivity contribution in [3.05, 3.63) is 28.8 Å². The van der Waals surface area contributed by atoms with Gasteiger partial charge in [-0.1, -0.05) is 20.3 Å². The molecule has 0 aliphatic heterocycles. The average Bonchev–Trinajstić information content (AvgIpc) is 3.02. The van der Waals surface area contributed by atoms with Crippen LogP contribution in [0, 0.1) is 0 Å². The number of unbranched alkanes of at least 4 members (excludes halogenated alkanes) is 1. The number of carboxylic acids is 1. The predicted octanol–water partition coefficient (Wildman–Crippen LogP) is 3.67. The van der Waals surface area contributed by atoms with Crippen molar-refractivity contribution in [2.75, 3.05) is 0 Å². The van der Waals surface area contributed by atoms with E-state index in [0.717, 1.165) is 30.7 Å². The third kappa shape index (κ3) is 3.04. The van der Waals surface area contributed by atoms with Crippen LogP contribution < -0.4 is 0 Å². The Labute approximate surface area is 116 Å². The number of carboxylic acid groups (broad SMARTS) is 1. The van der Waals surface area contributed by atoms with E-state index < -0.39 is 5.97 Å². The molecular weight excluding hydrogens is 260 g/mol. The molecule has 2 rings (SSSR count). The molecule has 0 amide bonds. The maximum absolute atomic E-state index is 11.3. The first-order valence-corrected chi connectivity index (χ1v) is 7.37. The van der Waals surface area contributed by atoms with Crippen LogP contribution in [0.3, 0.4) is 0 Å². The number of nitrogens with zero attached hydrogens (tertiary/aromatic N) is 2. The molecule has 0 aliphatic carbocycles. The Morgan fingerprint density at radius 1 is 1.42 bits per heavy atom. The van der Waals surface area contributed by atoms with Crippen LogP contribution in [0.5, 0.6) is 0 Å². The van der Waals surface area contributed by atoms with E-state index in [1.807, 2.05) is 12.1 Å². The standard InChI is InChI=1S/C14H18N2O2S/c1-3-5-8-16-9-11(14(17)18)13(15-16)12-7-6-10(4-2)19-12/h6-7,9H,3-5,8H2,1-2H3,(H,17,18). The molecule has 0 saturated carbocycles. The number of aryl methyl sites for hydroxylation is 2. The molecule has 102 valence electrons. The van der Waals surface area contributed by atoms with Gasteiger partial charge in [0, 0.05) is 17.6 Å². The predicted molar refractivity (Wildman–Crippen MR) is 76.8 cm³/mol. The van der Waals surface area contributed by atoms with Gasteiger partial charge in [0.25, 0.3) is 0 Å². The highest BCUT2D eigenvalue weighted by Crippen LogP contribution is 2.30. The molecule has 5 heteroatoms. The third-order valence-corrected chi connectivity index (χ3v) is 4.21. The lowest BCUT2D eigenvalue weighted by Crippen LogP contribution is -1.98. The Morgan fingerprint density at radius 2 is 2.21 bits per heavy atom. The van der Waals surface area contributed by atoms with Crippen molar-refractivity contribution in [2.45, 2.75) is 39.7 Å². The van der Waals surface area contributed by atoms with Gasteiger partial charge in [-0.3, -0.25) is 4.68 Å². The number of thiophene rings is 1. The second kappa shape index (κ2) is 6.02. The van der Waals surface area contributed by atoms with Gasteiger partial charge in [-0.15, -0.1) is 11.3 Å². The fraction of sp³-hybridized carbons (Fsp3) is 0.429. The van der Waals surface area contributed by atoms with Gasteiger partial charge in [-0.05, 0) is 25.0 Å². The van der Waals surface area contributed by atoms with Gasteiger partial charge in [0.05, 0.1) is 4.88 Å². The summed E-state index contributed by atoms with van der Waals surface area (Å²) >= 11 is 1.62. The summed E-state index contributed by atoms with van der Waals surface area (Å²) in [5, 5.41) is 13.7. The normalized spacial score (nSPS) is 10.8. The average molecular weight is 278 g/mol. The van der Waals surface area contributed by atoms with Crippen LogP contribution in [0.4, 0.5) is 0 Å². The first-order valence-electron chi connectivity index (χ1n) is 6.55. The van der Waals surface area contributed by atoms with E-state index in [1.54, 1.807) is 22.2 Å². The van der Waals surface area contributed by atoms with Gasteiger partial charge in [-0.2, -0.15) is 5.10 Å². The molecule has 19 heavy (non-hydrogen) atoms. The minimum atomic E-state index is -0.913. The van der Waals surface area contributed by atoms with E-state index in [4.69, 9.17) is 0 Å². The Morgan fingerprint density at radius 3 is 2.79 bits per heavy atom. The lowest BCUT2D eigenvalue weighted by molar-refractivity contribution is 0.0697. The van der Waals surface area contributed by atoms with Gasteiger partial charge < -0.3 is 5.11 Å². The molecule has 0 aromatic carbocycles. The van der Waals surface area contributed by atoms with Crippen molar-refractivity contribution in [1.29, 1.82) is 0 Å². The van der Waals surface area contributed by atoms with Crippen molar-refractivity contribution in [1.82, 2.24) is 9.78 Å². The first-order chi connectivity index (χ1) is 9.15. The molecule has 2 aromatic heterocycles. The quantitative estimate of drug-likeness (QED) is 0.877. The molecule has 0 atom stereocenters. The van der Waals surface area contributed by atoms with Crippen molar-refractivity contribution in [3.63, 3.8) is 0 Å². The molecule has 2 aromatic rings. The Kier molecular flexibility index (Phi) is 4.37. The summed E-state index contributed by atoms with van der Waals surface area (Å²) in [6.45, 7) is 4.96. The summed E-state index contributed by atoms with van der Waals surface area (Å²) in [6, 6.07) is 4.00. The van der Waals surface area contributed by atoms with Crippen LogP contribution in [-0.2, 0) is 13.0 Å². The number of aromatic nitrogens is 2. The molecule has 0 bridgehead atoms. The summed E-state index contributed by atoms with van der Waals surface area (Å²) in [6.07, 6.45) is 4.67. The maximum atomic E-state index is 11.3. The molecule has 0 spiro atoms. The van der Waals surface area contributed by atoms with Gasteiger partial charge in [0.15, 0.2) is 0 Å². The smallest absolute Gasteiger partial charge is 0.339 e. The molecule has 0 aliphatic rings. The second-order valence-corrected chi connectivity index (χ2v) is 5.60. The van der Waals surface area contributed by atoms with Gasteiger partial charge >= 0.3 is 5.97 Å². The molecule has 0 unspecified atom stereocenters. The summed E-state index contributed by atoms with van der Waals surface area (Å²) in [5.74, 6) is -0.913. The van der Waals surface area contributed by atoms with Gasteiger partial charge in [0.2, 0.25) is 0 Å². The van der Waals surface area contributed by atoms with Crippen molar-refractivity contribution in [2.24, 2.45) is 0 Å². The number of carbonyl (C=O) groups is 1. The minimum absolute atomic E-state index is 0.292. The van der Waals surface area contributed by atoms with Gasteiger partial charge in [-0.25, -0.2) is 4.79 Å². The zero-order valence-electron chi connectivity index (χ0n) is 11.2. The van der Waals surface area contributed by atoms with E-state index in [1.165, 1.54) is 4.88 Å². The zero-order chi connectivity index (χ0) is 13.8. The fourth-order valence-corrected chi connectivity index (χ4v) is 2.84. The highest BCUT2D eigenvalue weighted by Gasteiger charge is 2.18. The van der Waals surface area contributed by atoms with Crippen molar-refractivity contribution < 1.29 is 9.90 Å². The van der Waals surface area contributed by atoms with Crippen LogP contribution in [0.25, 0.3) is 10.6 Å². The van der Waals surface area contributed by atoms with Crippen LogP contribution in [0.15, 0.2) is 18.3 Å². The molecule has 0 radical (unpaired) electrons. The topological polar surface area (TPSA) is 55.1 Å². The lowest BCUT2D eigenvalue weighted by Gasteiger charge is -1.97. The Bertz CT molecular complexity index is 572. The summed E-state index contributed by atoms with van der Waals surface area (Å²) in [4.78, 5) is 13.5. The fourth-order valence-electron chi connectivity index (χ4n) is 1.89. The van der Waals surface area contributed by atoms with Crippen LogP contribution in [0.2, 0.25) is 0 Å². The highest BCUT2D eigenvalue weighted by atomic mass is 32.1. The van der Waals surface area contributed by atoms with Crippen molar-refractivity contribution >= 4 is 17.3 Å². The zero-order valence-corrected chi connectivity index (χ0v) is 12.0. The molecule has 2 heterocycles. The largest absolute Gasteiger partial charge is 0.478 e. The molecule has 1 N–H and O–H groups in total. The van der Waals surface area contributed by atoms with E-state index >= 15 is 0 Å². The summed E-state index contributed by atoms with van der Waals surface area (Å²) in [5.41, 5.74) is 0.883. The van der Waals surface area contributed by atoms with Gasteiger partial charge in [0.1, 0.15) is 11.3 Å². The first kappa shape index (κ1) is 13.8. The SMILES string of the molecule is CCCCn1cc(C(=O)O)c(-c2ccc(CC)s2)n1. The third-order valence-electron chi connectivity index (χ3n) is 2.98. The monoisotopic (exact) mass is 278 g/mol. The van der Waals surface area contributed by atoms with Crippen LogP contribution >= 0.6 is 11.3 Å². The number of aromatic carboxylic acids is 1. The Balaban J connectivity index is 2.36. The minimum Gasteiger partial charge on any atom is -0.478 e. The summed E-state index contributed by atoms with van der Waals surface area (Å²) in [7, 11) is 0. The highest BCUT2D eigenvalue weighted by molar-refractivity contribution is 7.15. The summed E-state index contributed by atoms with van der Waals surface area (Å²) < 4.78 is 1.74. The van der Waals surface area contributed by atoms with Crippen molar-refractivity contribution in [3.8, 4) is 10.6 Å². The molecular formula is C14H18N2O2S. The molecule has 0 saturated heterocycles. The maximum Gasteiger partial charge on any atom is 0.339 e. The van der Waals surface area contributed by atoms with E-state index in [9.17, 15) is 9.90 Å². The van der Waals surface area contributed by atoms with Crippen LogP contribution in [-0.4, -0.2) is 20.9 Å². The number of rotatable bonds is 6. The van der Waals surface area contributed by atoms with E-state index in [-0.39, 0.29) is 0 Å². The number of hydrogen-bond donors (Lipinski definition) is 1. The lowest BCUT2D eigenvalue weighted by atomic mass is 10.2. The van der Waals surface area contributed by atoms with E-state index in [2.05, 4.69) is 18.9 Å². The molecule has 0 fully saturated rings. The second-order valence-electron chi connectivity index (χ2n) is 4.43. The number of hydrogen-bond acceptors (Lipinski definition) is 3. The van der Waals surface area contributed by atoms with E-state index in [0.29, 0.717) is 11.3 Å². The Hall–Kier alpha value is -1.62.